The number of rotatable bonds is 12. The second-order valence-electron chi connectivity index (χ2n) is 9.20. The molecular formula is C28H62. The van der Waals surface area contributed by atoms with Crippen molar-refractivity contribution in [2.75, 3.05) is 0 Å². The Bertz CT molecular complexity index is 239. The maximum atomic E-state index is 2.30. The normalized spacial score (nSPS) is 9.61. The first kappa shape index (κ1) is 35.2. The van der Waals surface area contributed by atoms with Gasteiger partial charge in [0.2, 0.25) is 0 Å². The van der Waals surface area contributed by atoms with Crippen LogP contribution in [0.15, 0.2) is 11.6 Å². The van der Waals surface area contributed by atoms with Crippen molar-refractivity contribution < 1.29 is 0 Å². The maximum absolute atomic E-state index is 2.30. The smallest absolute Gasteiger partial charge is 0.0348 e. The summed E-state index contributed by atoms with van der Waals surface area (Å²) >= 11 is 0. The fourth-order valence-corrected chi connectivity index (χ4v) is 2.46. The van der Waals surface area contributed by atoms with E-state index >= 15 is 0 Å². The molecule has 0 rings (SSSR count). The van der Waals surface area contributed by atoms with Gasteiger partial charge < -0.3 is 0 Å². The third-order valence-corrected chi connectivity index (χ3v) is 4.32. The van der Waals surface area contributed by atoms with Crippen LogP contribution in [0.5, 0.6) is 0 Å². The summed E-state index contributed by atoms with van der Waals surface area (Å²) < 4.78 is 0. The molecule has 0 atom stereocenters. The Morgan fingerprint density at radius 2 is 0.964 bits per heavy atom. The summed E-state index contributed by atoms with van der Waals surface area (Å²) in [6, 6.07) is 0. The highest BCUT2D eigenvalue weighted by Crippen LogP contribution is 2.04. The van der Waals surface area contributed by atoms with Crippen LogP contribution in [0.3, 0.4) is 0 Å². The number of allylic oxidation sites excluding steroid dienone is 2. The predicted molar refractivity (Wildman–Crippen MR) is 137 cm³/mol. The summed E-state index contributed by atoms with van der Waals surface area (Å²) in [7, 11) is 0. The van der Waals surface area contributed by atoms with Crippen molar-refractivity contribution in [3.8, 4) is 0 Å². The summed E-state index contributed by atoms with van der Waals surface area (Å²) in [5, 5.41) is 0. The van der Waals surface area contributed by atoms with Crippen LogP contribution in [-0.2, 0) is 0 Å². The van der Waals surface area contributed by atoms with E-state index in [1.54, 1.807) is 0 Å². The molecule has 0 saturated heterocycles. The van der Waals surface area contributed by atoms with E-state index in [9.17, 15) is 0 Å². The van der Waals surface area contributed by atoms with Gasteiger partial charge in [0.15, 0.2) is 0 Å². The molecular weight excluding hydrogens is 336 g/mol. The molecule has 0 aliphatic heterocycles. The molecule has 0 heteroatoms. The van der Waals surface area contributed by atoms with Crippen LogP contribution < -0.4 is 0 Å². The molecule has 0 radical (unpaired) electrons. The molecule has 0 N–H and O–H groups in total. The monoisotopic (exact) mass is 398 g/mol. The lowest BCUT2D eigenvalue weighted by atomic mass is 10.1. The molecule has 174 valence electrons. The van der Waals surface area contributed by atoms with Crippen LogP contribution in [0, 0.1) is 11.8 Å². The highest BCUT2D eigenvalue weighted by molar-refractivity contribution is 4.92. The van der Waals surface area contributed by atoms with Crippen LogP contribution in [0.4, 0.5) is 0 Å². The maximum Gasteiger partial charge on any atom is -0.0348 e. The molecule has 0 saturated carbocycles. The van der Waals surface area contributed by atoms with Crippen molar-refractivity contribution in [3.05, 3.63) is 11.6 Å². The van der Waals surface area contributed by atoms with Crippen LogP contribution in [-0.4, -0.2) is 0 Å². The van der Waals surface area contributed by atoms with Crippen LogP contribution in [0.2, 0.25) is 0 Å². The van der Waals surface area contributed by atoms with E-state index in [1.165, 1.54) is 89.0 Å². The second kappa shape index (κ2) is 34.3. The molecule has 0 aliphatic carbocycles. The predicted octanol–water partition coefficient (Wildman–Crippen LogP) is 11.4. The average molecular weight is 399 g/mol. The van der Waals surface area contributed by atoms with Crippen molar-refractivity contribution in [2.45, 2.75) is 160 Å². The number of hydrogen-bond acceptors (Lipinski definition) is 0. The first-order chi connectivity index (χ1) is 13.2. The van der Waals surface area contributed by atoms with Gasteiger partial charge in [0, 0.05) is 0 Å². The van der Waals surface area contributed by atoms with Crippen molar-refractivity contribution >= 4 is 0 Å². The van der Waals surface area contributed by atoms with Gasteiger partial charge in [0.05, 0.1) is 0 Å². The quantitative estimate of drug-likeness (QED) is 0.226. The standard InChI is InChI=1S/C8H16.2C7H16.C6H14/c1-4-5-6-7-8(2)3;1-4-5-6-7(2)3;1-3-5-7-6-4-2;1-4-5-6(2)3/h7H,4-6H2,1-3H3;7H,4-6H2,1-3H3;3-7H2,1-2H3;6H,4-5H2,1-3H3. The molecule has 0 heterocycles. The van der Waals surface area contributed by atoms with E-state index < -0.39 is 0 Å². The minimum absolute atomic E-state index is 0.898. The topological polar surface area (TPSA) is 0 Å². The Morgan fingerprint density at radius 1 is 0.536 bits per heavy atom. The van der Waals surface area contributed by atoms with E-state index in [4.69, 9.17) is 0 Å². The fraction of sp³-hybridized carbons (Fsp3) is 0.929. The molecule has 0 aromatic carbocycles. The Labute approximate surface area is 183 Å². The molecule has 0 aliphatic rings. The van der Waals surface area contributed by atoms with Crippen LogP contribution >= 0.6 is 0 Å². The Balaban J connectivity index is -0.000000138. The zero-order valence-corrected chi connectivity index (χ0v) is 22.4. The Kier molecular flexibility index (Phi) is 43.1. The fourth-order valence-electron chi connectivity index (χ4n) is 2.46. The zero-order chi connectivity index (χ0) is 22.6. The van der Waals surface area contributed by atoms with Crippen LogP contribution in [0.25, 0.3) is 0 Å². The van der Waals surface area contributed by atoms with Gasteiger partial charge in [-0.15, -0.1) is 0 Å². The molecule has 0 nitrogen and oxygen atoms in total. The number of unbranched alkanes of at least 4 members (excludes halogenated alkanes) is 7. The van der Waals surface area contributed by atoms with E-state index in [-0.39, 0.29) is 0 Å². The van der Waals surface area contributed by atoms with Gasteiger partial charge >= 0.3 is 0 Å². The highest BCUT2D eigenvalue weighted by atomic mass is 13.9. The SMILES string of the molecule is CCCC(C)C.CCCCC(C)C.CCCCC=C(C)C.CCCCCCC. The molecule has 0 amide bonds. The van der Waals surface area contributed by atoms with Crippen molar-refractivity contribution in [2.24, 2.45) is 11.8 Å². The lowest BCUT2D eigenvalue weighted by Crippen LogP contribution is -1.83. The average Bonchev–Trinajstić information content (AvgIpc) is 2.62. The van der Waals surface area contributed by atoms with Gasteiger partial charge in [-0.3, -0.25) is 0 Å². The number of hydrogen-bond donors (Lipinski definition) is 0. The van der Waals surface area contributed by atoms with Crippen molar-refractivity contribution in [1.82, 2.24) is 0 Å². The highest BCUT2D eigenvalue weighted by Gasteiger charge is 1.88. The van der Waals surface area contributed by atoms with E-state index in [0.717, 1.165) is 11.8 Å². The largest absolute Gasteiger partial charge is 0.0859 e. The summed E-state index contributed by atoms with van der Waals surface area (Å²) in [5.41, 5.74) is 1.44. The van der Waals surface area contributed by atoms with Gasteiger partial charge in [0.1, 0.15) is 0 Å². The third kappa shape index (κ3) is 63.6. The minimum atomic E-state index is 0.898. The van der Waals surface area contributed by atoms with Gasteiger partial charge in [-0.2, -0.15) is 0 Å². The lowest BCUT2D eigenvalue weighted by Gasteiger charge is -1.98. The third-order valence-electron chi connectivity index (χ3n) is 4.32. The summed E-state index contributed by atoms with van der Waals surface area (Å²) in [6.45, 7) is 24.5. The summed E-state index contributed by atoms with van der Waals surface area (Å²) in [6.07, 6.45) is 20.1. The van der Waals surface area contributed by atoms with Crippen LogP contribution in [0.1, 0.15) is 160 Å². The molecule has 0 bridgehead atoms. The van der Waals surface area contributed by atoms with Gasteiger partial charge in [0.25, 0.3) is 0 Å². The van der Waals surface area contributed by atoms with E-state index in [2.05, 4.69) is 82.2 Å². The van der Waals surface area contributed by atoms with Crippen molar-refractivity contribution in [3.63, 3.8) is 0 Å². The first-order valence-corrected chi connectivity index (χ1v) is 12.9. The summed E-state index contributed by atoms with van der Waals surface area (Å²) in [4.78, 5) is 0. The Morgan fingerprint density at radius 3 is 1.18 bits per heavy atom. The van der Waals surface area contributed by atoms with E-state index in [1.807, 2.05) is 0 Å². The molecule has 0 unspecified atom stereocenters. The van der Waals surface area contributed by atoms with Crippen molar-refractivity contribution in [1.29, 1.82) is 0 Å². The summed E-state index contributed by atoms with van der Waals surface area (Å²) in [5.74, 6) is 1.80. The molecule has 0 aromatic heterocycles. The first-order valence-electron chi connectivity index (χ1n) is 12.9. The van der Waals surface area contributed by atoms with Gasteiger partial charge in [-0.25, -0.2) is 0 Å². The Hall–Kier alpha value is -0.260. The van der Waals surface area contributed by atoms with E-state index in [0.29, 0.717) is 0 Å². The molecule has 0 spiro atoms. The second-order valence-corrected chi connectivity index (χ2v) is 9.20. The van der Waals surface area contributed by atoms with Gasteiger partial charge in [-0.1, -0.05) is 151 Å². The minimum Gasteiger partial charge on any atom is -0.0859 e. The van der Waals surface area contributed by atoms with Gasteiger partial charge in [-0.05, 0) is 32.1 Å². The lowest BCUT2D eigenvalue weighted by molar-refractivity contribution is 0.550. The molecule has 0 fully saturated rings. The molecule has 0 aromatic rings. The molecule has 28 heavy (non-hydrogen) atoms. The zero-order valence-electron chi connectivity index (χ0n) is 22.4.